The molecule has 4 aromatic rings. The lowest BCUT2D eigenvalue weighted by atomic mass is 9.55. The number of hydrogen-bond acceptors (Lipinski definition) is 8. The van der Waals surface area contributed by atoms with Gasteiger partial charge in [0.1, 0.15) is 17.5 Å². The van der Waals surface area contributed by atoms with Crippen molar-refractivity contribution in [2.75, 3.05) is 27.3 Å². The molecular formula is C45H54BrN3O6. The predicted molar refractivity (Wildman–Crippen MR) is 215 cm³/mol. The zero-order valence-corrected chi connectivity index (χ0v) is 34.3. The molecule has 55 heavy (non-hydrogen) atoms. The van der Waals surface area contributed by atoms with Crippen molar-refractivity contribution in [2.24, 2.45) is 30.2 Å². The lowest BCUT2D eigenvalue weighted by molar-refractivity contribution is -0.157. The SMILES string of the molecule is CCC(=O)OC1CCC2C3CCc4cc(O)ccc4C3CCC12C.COC12CC(COC(=O)c3cncc(Br)c3)CN(C)C1Cc1cn(C)c3cccc2c13. The number of halogens is 1. The Morgan fingerprint density at radius 1 is 1.05 bits per heavy atom. The molecule has 9 nitrogen and oxygen atoms in total. The van der Waals surface area contributed by atoms with E-state index >= 15 is 0 Å². The number of phenolic OH excluding ortho intramolecular Hbond substituents is 1. The van der Waals surface area contributed by atoms with Crippen LogP contribution in [0, 0.1) is 23.2 Å². The number of piperidine rings is 1. The second-order valence-corrected chi connectivity index (χ2v) is 17.9. The van der Waals surface area contributed by atoms with E-state index in [2.05, 4.69) is 81.9 Å². The smallest absolute Gasteiger partial charge is 0.339 e. The molecule has 0 amide bonds. The van der Waals surface area contributed by atoms with Gasteiger partial charge in [-0.2, -0.15) is 0 Å². The summed E-state index contributed by atoms with van der Waals surface area (Å²) in [5.74, 6) is 2.15. The first-order valence-corrected chi connectivity index (χ1v) is 20.9. The van der Waals surface area contributed by atoms with Gasteiger partial charge in [0.05, 0.1) is 12.2 Å². The molecule has 3 fully saturated rings. The highest BCUT2D eigenvalue weighted by Crippen LogP contribution is 2.61. The molecule has 292 valence electrons. The largest absolute Gasteiger partial charge is 0.508 e. The number of aromatic hydroxyl groups is 1. The van der Waals surface area contributed by atoms with Gasteiger partial charge in [0.15, 0.2) is 0 Å². The second kappa shape index (κ2) is 15.0. The number of benzene rings is 2. The molecule has 1 N–H and O–H groups in total. The third-order valence-corrected chi connectivity index (χ3v) is 14.5. The van der Waals surface area contributed by atoms with Crippen molar-refractivity contribution < 1.29 is 28.9 Å². The number of nitrogens with zero attached hydrogens (tertiary/aromatic N) is 3. The van der Waals surface area contributed by atoms with Gasteiger partial charge in [-0.05, 0) is 139 Å². The minimum absolute atomic E-state index is 0.0477. The number of pyridine rings is 1. The molecule has 4 aliphatic carbocycles. The van der Waals surface area contributed by atoms with Gasteiger partial charge in [-0.25, -0.2) is 4.79 Å². The third kappa shape index (κ3) is 6.69. The van der Waals surface area contributed by atoms with E-state index in [0.29, 0.717) is 42.1 Å². The average molecular weight is 813 g/mol. The van der Waals surface area contributed by atoms with E-state index in [1.54, 1.807) is 12.3 Å². The van der Waals surface area contributed by atoms with Crippen LogP contribution in [0.5, 0.6) is 5.75 Å². The van der Waals surface area contributed by atoms with Crippen LogP contribution in [-0.2, 0) is 44.5 Å². The highest BCUT2D eigenvalue weighted by atomic mass is 79.9. The summed E-state index contributed by atoms with van der Waals surface area (Å²) in [5, 5.41) is 11.1. The number of carbonyl (C=O) groups is 2. The van der Waals surface area contributed by atoms with Crippen LogP contribution in [-0.4, -0.2) is 71.0 Å². The Kier molecular flexibility index (Phi) is 10.4. The van der Waals surface area contributed by atoms with Crippen LogP contribution in [0.3, 0.4) is 0 Å². The molecule has 5 aliphatic rings. The van der Waals surface area contributed by atoms with Gasteiger partial charge in [-0.1, -0.05) is 32.0 Å². The Morgan fingerprint density at radius 2 is 1.89 bits per heavy atom. The standard InChI is InChI=1S/C24H26BrN3O3.C21H28O3/c1-27-13-17-8-21-24(30-3,19-5-4-6-20(27)22(17)19)9-15(12-28(21)2)14-31-23(29)16-7-18(25)11-26-10-16;1-3-20(23)24-19-9-8-18-17-6-4-13-12-14(22)5-7-15(13)16(17)10-11-21(18,19)2/h4-7,10-11,13,15,21H,8-9,12,14H2,1-3H3;5,7,12,16-19,22H,3-4,6,8-11H2,1-2H3. The molecule has 10 heteroatoms. The van der Waals surface area contributed by atoms with Gasteiger partial charge in [0, 0.05) is 78.5 Å². The monoisotopic (exact) mass is 811 g/mol. The molecule has 8 unspecified atom stereocenters. The van der Waals surface area contributed by atoms with Gasteiger partial charge in [0.2, 0.25) is 0 Å². The number of aryl methyl sites for hydroxylation is 2. The summed E-state index contributed by atoms with van der Waals surface area (Å²) in [6.45, 7) is 5.45. The summed E-state index contributed by atoms with van der Waals surface area (Å²) in [7, 11) is 6.07. The molecule has 3 heterocycles. The summed E-state index contributed by atoms with van der Waals surface area (Å²) in [4.78, 5) is 30.8. The van der Waals surface area contributed by atoms with Crippen LogP contribution >= 0.6 is 15.9 Å². The van der Waals surface area contributed by atoms with E-state index < -0.39 is 5.60 Å². The van der Waals surface area contributed by atoms with Crippen molar-refractivity contribution in [1.29, 1.82) is 0 Å². The number of fused-ring (bicyclic) bond motifs is 7. The van der Waals surface area contributed by atoms with E-state index in [0.717, 1.165) is 43.1 Å². The van der Waals surface area contributed by atoms with Crippen molar-refractivity contribution in [3.8, 4) is 5.75 Å². The lowest BCUT2D eigenvalue weighted by Gasteiger charge is -2.53. The van der Waals surface area contributed by atoms with Gasteiger partial charge >= 0.3 is 11.9 Å². The maximum absolute atomic E-state index is 12.5. The number of ether oxygens (including phenoxy) is 3. The van der Waals surface area contributed by atoms with Crippen molar-refractivity contribution in [3.05, 3.63) is 93.3 Å². The number of carbonyl (C=O) groups excluding carboxylic acids is 2. The molecule has 0 spiro atoms. The highest BCUT2D eigenvalue weighted by Gasteiger charge is 2.56. The van der Waals surface area contributed by atoms with E-state index in [4.69, 9.17) is 14.2 Å². The molecule has 0 radical (unpaired) electrons. The first-order valence-electron chi connectivity index (χ1n) is 20.1. The summed E-state index contributed by atoms with van der Waals surface area (Å²) in [6, 6.07) is 14.4. The fourth-order valence-corrected chi connectivity index (χ4v) is 11.9. The van der Waals surface area contributed by atoms with Crippen molar-refractivity contribution >= 4 is 38.8 Å². The maximum atomic E-state index is 12.5. The Morgan fingerprint density at radius 3 is 2.67 bits per heavy atom. The van der Waals surface area contributed by atoms with Crippen molar-refractivity contribution in [1.82, 2.24) is 14.5 Å². The number of hydrogen-bond donors (Lipinski definition) is 1. The van der Waals surface area contributed by atoms with Crippen LogP contribution in [0.4, 0.5) is 0 Å². The summed E-state index contributed by atoms with van der Waals surface area (Å²) in [5.41, 5.74) is 6.85. The number of phenols is 1. The van der Waals surface area contributed by atoms with Gasteiger partial charge < -0.3 is 23.9 Å². The van der Waals surface area contributed by atoms with E-state index in [1.807, 2.05) is 26.2 Å². The predicted octanol–water partition coefficient (Wildman–Crippen LogP) is 8.48. The number of methoxy groups -OCH3 is 1. The minimum Gasteiger partial charge on any atom is -0.508 e. The Hall–Kier alpha value is -3.73. The second-order valence-electron chi connectivity index (χ2n) is 17.0. The quantitative estimate of drug-likeness (QED) is 0.194. The van der Waals surface area contributed by atoms with Gasteiger partial charge in [0.25, 0.3) is 0 Å². The molecule has 2 aromatic carbocycles. The van der Waals surface area contributed by atoms with E-state index in [1.165, 1.54) is 58.6 Å². The van der Waals surface area contributed by atoms with E-state index in [9.17, 15) is 14.7 Å². The Labute approximate surface area is 332 Å². The molecule has 0 bridgehead atoms. The fourth-order valence-electron chi connectivity index (χ4n) is 11.6. The normalized spacial score (nSPS) is 30.6. The number of likely N-dealkylation sites (N-methyl/N-ethyl adjacent to an activating group) is 1. The molecule has 8 atom stereocenters. The zero-order valence-electron chi connectivity index (χ0n) is 32.7. The molecule has 2 saturated carbocycles. The summed E-state index contributed by atoms with van der Waals surface area (Å²) < 4.78 is 20.8. The first-order chi connectivity index (χ1) is 26.4. The number of rotatable bonds is 6. The molecule has 2 aromatic heterocycles. The summed E-state index contributed by atoms with van der Waals surface area (Å²) in [6.07, 6.45) is 14.6. The fraction of sp³-hybridized carbons (Fsp3) is 0.533. The Bertz CT molecular complexity index is 2100. The molecular weight excluding hydrogens is 758 g/mol. The lowest BCUT2D eigenvalue weighted by Crippen LogP contribution is -2.59. The Balaban J connectivity index is 0.000000160. The molecule has 1 aliphatic heterocycles. The molecule has 9 rings (SSSR count). The first kappa shape index (κ1) is 38.2. The molecule has 1 saturated heterocycles. The summed E-state index contributed by atoms with van der Waals surface area (Å²) >= 11 is 3.35. The van der Waals surface area contributed by atoms with Crippen molar-refractivity contribution in [3.63, 3.8) is 0 Å². The van der Waals surface area contributed by atoms with E-state index in [-0.39, 0.29) is 35.4 Å². The van der Waals surface area contributed by atoms with Crippen LogP contribution in [0.2, 0.25) is 0 Å². The van der Waals surface area contributed by atoms with Gasteiger partial charge in [-0.15, -0.1) is 0 Å². The van der Waals surface area contributed by atoms with Crippen LogP contribution in [0.15, 0.2) is 65.5 Å². The zero-order chi connectivity index (χ0) is 38.6. The number of aromatic nitrogens is 2. The maximum Gasteiger partial charge on any atom is 0.339 e. The van der Waals surface area contributed by atoms with Crippen molar-refractivity contribution in [2.45, 2.75) is 95.3 Å². The number of likely N-dealkylation sites (tertiary alicyclic amines) is 1. The highest BCUT2D eigenvalue weighted by molar-refractivity contribution is 9.10. The van der Waals surface area contributed by atoms with Crippen LogP contribution < -0.4 is 0 Å². The number of esters is 2. The van der Waals surface area contributed by atoms with Crippen LogP contribution in [0.25, 0.3) is 10.9 Å². The third-order valence-electron chi connectivity index (χ3n) is 14.1. The topological polar surface area (TPSA) is 103 Å². The van der Waals surface area contributed by atoms with Crippen LogP contribution in [0.1, 0.15) is 97.3 Å². The minimum atomic E-state index is -0.421. The average Bonchev–Trinajstić information content (AvgIpc) is 3.69. The van der Waals surface area contributed by atoms with Gasteiger partial charge in [-0.3, -0.25) is 14.7 Å².